The number of aliphatic hydroxyl groups excluding tert-OH is 1. The molecule has 0 spiro atoms. The molecule has 9 nitrogen and oxygen atoms in total. The molecule has 1 aromatic carbocycles. The number of carbonyl (C=O) groups excluding carboxylic acids is 3. The zero-order chi connectivity index (χ0) is 20.5. The Kier molecular flexibility index (Phi) is 5.53. The number of fused-ring (bicyclic) bond motifs is 1. The lowest BCUT2D eigenvalue weighted by molar-refractivity contribution is -0.136. The van der Waals surface area contributed by atoms with Crippen molar-refractivity contribution in [2.45, 2.75) is 50.7 Å². The van der Waals surface area contributed by atoms with Gasteiger partial charge in [-0.05, 0) is 37.0 Å². The van der Waals surface area contributed by atoms with Crippen molar-refractivity contribution in [1.29, 1.82) is 0 Å². The number of rotatable bonds is 5. The van der Waals surface area contributed by atoms with Gasteiger partial charge >= 0.3 is 0 Å². The van der Waals surface area contributed by atoms with E-state index in [4.69, 9.17) is 14.9 Å². The highest BCUT2D eigenvalue weighted by Gasteiger charge is 2.39. The second kappa shape index (κ2) is 8.10. The third-order valence-corrected chi connectivity index (χ3v) is 5.76. The average molecular weight is 403 g/mol. The first kappa shape index (κ1) is 19.8. The maximum Gasteiger partial charge on any atom is 0.255 e. The van der Waals surface area contributed by atoms with Gasteiger partial charge in [0.15, 0.2) is 6.29 Å². The van der Waals surface area contributed by atoms with Gasteiger partial charge in [-0.15, -0.1) is 0 Å². The quantitative estimate of drug-likeness (QED) is 0.452. The Morgan fingerprint density at radius 3 is 2.59 bits per heavy atom. The van der Waals surface area contributed by atoms with Crippen LogP contribution in [0.1, 0.15) is 41.6 Å². The fraction of sp³-hybridized carbons (Fsp3) is 0.550. The Labute approximate surface area is 168 Å². The lowest BCUT2D eigenvalue weighted by Gasteiger charge is -2.32. The summed E-state index contributed by atoms with van der Waals surface area (Å²) in [6.45, 7) is 2.02. The van der Waals surface area contributed by atoms with Gasteiger partial charge in [-0.3, -0.25) is 24.6 Å². The zero-order valence-electron chi connectivity index (χ0n) is 16.0. The summed E-state index contributed by atoms with van der Waals surface area (Å²) in [6.07, 6.45) is 0.775. The summed E-state index contributed by atoms with van der Waals surface area (Å²) in [6, 6.07) is 4.80. The van der Waals surface area contributed by atoms with Crippen molar-refractivity contribution < 1.29 is 29.3 Å². The second-order valence-electron chi connectivity index (χ2n) is 7.82. The number of nitrogens with zero attached hydrogens (tertiary/aromatic N) is 2. The van der Waals surface area contributed by atoms with Gasteiger partial charge in [-0.25, -0.2) is 0 Å². The Bertz CT molecular complexity index is 818. The van der Waals surface area contributed by atoms with Crippen molar-refractivity contribution in [3.63, 3.8) is 0 Å². The molecule has 3 heterocycles. The van der Waals surface area contributed by atoms with Crippen LogP contribution in [0.5, 0.6) is 5.75 Å². The number of aliphatic hydroxyl groups is 2. The molecule has 3 aliphatic rings. The molecule has 29 heavy (non-hydrogen) atoms. The number of hydrogen-bond donors (Lipinski definition) is 3. The molecule has 1 unspecified atom stereocenters. The second-order valence-corrected chi connectivity index (χ2v) is 7.82. The Morgan fingerprint density at radius 1 is 1.14 bits per heavy atom. The third-order valence-electron chi connectivity index (χ3n) is 5.76. The Morgan fingerprint density at radius 2 is 1.90 bits per heavy atom. The van der Waals surface area contributed by atoms with Gasteiger partial charge < -0.3 is 19.8 Å². The van der Waals surface area contributed by atoms with Gasteiger partial charge in [0.05, 0.1) is 0 Å². The Balaban J connectivity index is 1.38. The van der Waals surface area contributed by atoms with E-state index in [-0.39, 0.29) is 30.9 Å². The summed E-state index contributed by atoms with van der Waals surface area (Å²) in [5.41, 5.74) is 1.38. The van der Waals surface area contributed by atoms with Crippen LogP contribution in [0.2, 0.25) is 0 Å². The summed E-state index contributed by atoms with van der Waals surface area (Å²) in [5.74, 6) is -0.321. The van der Waals surface area contributed by atoms with Gasteiger partial charge in [-0.2, -0.15) is 0 Å². The lowest BCUT2D eigenvalue weighted by Crippen LogP contribution is -2.52. The SMILES string of the molecule is O=C1CCC(N2Cc3ccc(OC4CCN(CC(O)O)CC4)cc3C2=O)C(=O)N1. The van der Waals surface area contributed by atoms with E-state index in [1.54, 1.807) is 6.07 Å². The van der Waals surface area contributed by atoms with Gasteiger partial charge in [0.25, 0.3) is 5.91 Å². The Hall–Kier alpha value is -2.49. The van der Waals surface area contributed by atoms with Crippen LogP contribution in [0.3, 0.4) is 0 Å². The highest BCUT2D eigenvalue weighted by Crippen LogP contribution is 2.31. The molecule has 2 saturated heterocycles. The van der Waals surface area contributed by atoms with Crippen molar-refractivity contribution in [2.24, 2.45) is 0 Å². The molecule has 3 amide bonds. The van der Waals surface area contributed by atoms with E-state index in [0.29, 0.717) is 24.3 Å². The number of piperidine rings is 2. The molecular formula is C20H25N3O6. The molecule has 3 N–H and O–H groups in total. The molecular weight excluding hydrogens is 378 g/mol. The van der Waals surface area contributed by atoms with Crippen molar-refractivity contribution in [2.75, 3.05) is 19.6 Å². The van der Waals surface area contributed by atoms with E-state index in [1.807, 2.05) is 17.0 Å². The standard InChI is InChI=1S/C20H25N3O6/c24-17-4-3-16(19(27)21-17)23-10-12-1-2-14(9-15(12)20(23)28)29-13-5-7-22(8-6-13)11-18(25)26/h1-2,9,13,16,18,25-26H,3-8,10-11H2,(H,21,24,27). The fourth-order valence-corrected chi connectivity index (χ4v) is 4.24. The summed E-state index contributed by atoms with van der Waals surface area (Å²) >= 11 is 0. The van der Waals surface area contributed by atoms with Crippen LogP contribution in [0, 0.1) is 0 Å². The minimum Gasteiger partial charge on any atom is -0.490 e. The van der Waals surface area contributed by atoms with E-state index in [9.17, 15) is 14.4 Å². The molecule has 1 aromatic rings. The largest absolute Gasteiger partial charge is 0.490 e. The van der Waals surface area contributed by atoms with Crippen LogP contribution in [0.15, 0.2) is 18.2 Å². The normalized spacial score (nSPS) is 23.5. The number of hydrogen-bond acceptors (Lipinski definition) is 7. The molecule has 0 aliphatic carbocycles. The van der Waals surface area contributed by atoms with Crippen molar-refractivity contribution in [1.82, 2.24) is 15.1 Å². The molecule has 156 valence electrons. The summed E-state index contributed by atoms with van der Waals surface area (Å²) < 4.78 is 6.05. The molecule has 3 aliphatic heterocycles. The van der Waals surface area contributed by atoms with Gasteiger partial charge in [0.1, 0.15) is 17.9 Å². The van der Waals surface area contributed by atoms with Crippen LogP contribution in [0.4, 0.5) is 0 Å². The number of ether oxygens (including phenoxy) is 1. The van der Waals surface area contributed by atoms with Crippen molar-refractivity contribution in [3.05, 3.63) is 29.3 Å². The highest BCUT2D eigenvalue weighted by molar-refractivity contribution is 6.05. The first-order valence-electron chi connectivity index (χ1n) is 9.93. The average Bonchev–Trinajstić information content (AvgIpc) is 2.99. The van der Waals surface area contributed by atoms with E-state index < -0.39 is 18.2 Å². The summed E-state index contributed by atoms with van der Waals surface area (Å²) in [5, 5.41) is 20.4. The van der Waals surface area contributed by atoms with E-state index in [2.05, 4.69) is 5.32 Å². The van der Waals surface area contributed by atoms with Gasteiger partial charge in [0.2, 0.25) is 11.8 Å². The van der Waals surface area contributed by atoms with Crippen molar-refractivity contribution in [3.8, 4) is 5.75 Å². The number of nitrogens with one attached hydrogen (secondary N) is 1. The lowest BCUT2D eigenvalue weighted by atomic mass is 10.0. The van der Waals surface area contributed by atoms with Crippen molar-refractivity contribution >= 4 is 17.7 Å². The maximum absolute atomic E-state index is 12.9. The smallest absolute Gasteiger partial charge is 0.255 e. The molecule has 0 radical (unpaired) electrons. The van der Waals surface area contributed by atoms with E-state index in [0.717, 1.165) is 31.5 Å². The number of β-amino-alcohol motifs (C(OH)–C–C–N with tert-alkyl or cyclic N) is 2. The molecule has 2 fully saturated rings. The number of amides is 3. The van der Waals surface area contributed by atoms with E-state index in [1.165, 1.54) is 4.90 Å². The molecule has 0 saturated carbocycles. The zero-order valence-corrected chi connectivity index (χ0v) is 16.0. The number of carbonyl (C=O) groups is 3. The number of benzene rings is 1. The first-order chi connectivity index (χ1) is 13.9. The third kappa shape index (κ3) is 4.26. The fourth-order valence-electron chi connectivity index (χ4n) is 4.24. The molecule has 9 heteroatoms. The van der Waals surface area contributed by atoms with Gasteiger partial charge in [-0.1, -0.05) is 6.07 Å². The summed E-state index contributed by atoms with van der Waals surface area (Å²) in [4.78, 5) is 39.9. The molecule has 0 aromatic heterocycles. The molecule has 4 rings (SSSR count). The van der Waals surface area contributed by atoms with Gasteiger partial charge in [0, 0.05) is 38.2 Å². The van der Waals surface area contributed by atoms with Crippen LogP contribution in [-0.4, -0.2) is 75.8 Å². The molecule has 0 bridgehead atoms. The topological polar surface area (TPSA) is 119 Å². The minimum absolute atomic E-state index is 0.00267. The maximum atomic E-state index is 12.9. The van der Waals surface area contributed by atoms with Crippen LogP contribution in [-0.2, 0) is 16.1 Å². The molecule has 1 atom stereocenters. The predicted molar refractivity (Wildman–Crippen MR) is 101 cm³/mol. The first-order valence-corrected chi connectivity index (χ1v) is 9.93. The van der Waals surface area contributed by atoms with Crippen LogP contribution in [0.25, 0.3) is 0 Å². The minimum atomic E-state index is -1.33. The van der Waals surface area contributed by atoms with Crippen LogP contribution >= 0.6 is 0 Å². The predicted octanol–water partition coefficient (Wildman–Crippen LogP) is -0.398. The highest BCUT2D eigenvalue weighted by atomic mass is 16.5. The number of likely N-dealkylation sites (tertiary alicyclic amines) is 1. The van der Waals surface area contributed by atoms with E-state index >= 15 is 0 Å². The number of imide groups is 1. The monoisotopic (exact) mass is 403 g/mol. The van der Waals surface area contributed by atoms with Crippen LogP contribution < -0.4 is 10.1 Å². The summed E-state index contributed by atoms with van der Waals surface area (Å²) in [7, 11) is 0.